The average molecular weight is 783 g/mol. The predicted molar refractivity (Wildman–Crippen MR) is 171 cm³/mol. The zero-order valence-corrected chi connectivity index (χ0v) is 33.6. The number of carbonyl (C=O) groups is 1. The fourth-order valence-electron chi connectivity index (χ4n) is 4.10. The van der Waals surface area contributed by atoms with Crippen LogP contribution in [0.25, 0.3) is 10.8 Å². The van der Waals surface area contributed by atoms with Gasteiger partial charge in [-0.1, -0.05) is 18.7 Å². The van der Waals surface area contributed by atoms with E-state index in [-0.39, 0.29) is 130 Å². The number of hydrogen-bond acceptors (Lipinski definition) is 17. The number of sulfone groups is 1. The molecule has 1 aromatic heterocycles. The number of fused-ring (bicyclic) bond motifs is 1. The molecule has 4 aromatic rings. The van der Waals surface area contributed by atoms with Crippen molar-refractivity contribution in [3.8, 4) is 0 Å². The normalized spacial score (nSPS) is 11.8. The van der Waals surface area contributed by atoms with E-state index < -0.39 is 51.8 Å². The SMILES string of the molecule is C=CS(=O)(=O)CCOCCNc1nc(F)nc(Nc2ccc(N=Nc3cc(S(=O)(=O)[O-])c4cccc(S(=O)(=O)[O-])c4c3)c(NC(C)=O)c2)n1.[Na+].[Na+]. The summed E-state index contributed by atoms with van der Waals surface area (Å²) >= 11 is 0. The van der Waals surface area contributed by atoms with Crippen LogP contribution < -0.4 is 75.1 Å². The zero-order valence-electron chi connectivity index (χ0n) is 27.2. The van der Waals surface area contributed by atoms with Gasteiger partial charge in [0.25, 0.3) is 0 Å². The largest absolute Gasteiger partial charge is 1.00 e. The van der Waals surface area contributed by atoms with Gasteiger partial charge in [0.1, 0.15) is 25.9 Å². The summed E-state index contributed by atoms with van der Waals surface area (Å²) in [5, 5.41) is 16.0. The second-order valence-electron chi connectivity index (χ2n) is 9.77. The number of halogens is 1. The number of azo groups is 1. The molecule has 4 rings (SSSR count). The first kappa shape index (κ1) is 44.2. The molecule has 1 amide bonds. The third kappa shape index (κ3) is 12.9. The van der Waals surface area contributed by atoms with E-state index in [1.54, 1.807) is 0 Å². The summed E-state index contributed by atoms with van der Waals surface area (Å²) in [6.45, 7) is 4.46. The van der Waals surface area contributed by atoms with Gasteiger partial charge in [-0.3, -0.25) is 4.79 Å². The molecular formula is C27H25FN8Na2O10S3. The van der Waals surface area contributed by atoms with Crippen LogP contribution in [-0.4, -0.2) is 80.7 Å². The van der Waals surface area contributed by atoms with E-state index in [1.807, 2.05) is 0 Å². The van der Waals surface area contributed by atoms with Crippen molar-refractivity contribution in [1.29, 1.82) is 0 Å². The number of amides is 1. The molecule has 51 heavy (non-hydrogen) atoms. The number of carbonyl (C=O) groups excluding carboxylic acids is 1. The molecule has 0 aliphatic carbocycles. The summed E-state index contributed by atoms with van der Waals surface area (Å²) in [7, 11) is -13.7. The van der Waals surface area contributed by atoms with Crippen LogP contribution in [0.2, 0.25) is 0 Å². The number of rotatable bonds is 15. The molecule has 1 heterocycles. The topological polar surface area (TPSA) is 274 Å². The van der Waals surface area contributed by atoms with E-state index in [4.69, 9.17) is 4.74 Å². The van der Waals surface area contributed by atoms with Gasteiger partial charge in [0.15, 0.2) is 9.84 Å². The third-order valence-electron chi connectivity index (χ3n) is 6.18. The van der Waals surface area contributed by atoms with Crippen molar-refractivity contribution in [1.82, 2.24) is 15.0 Å². The minimum Gasteiger partial charge on any atom is -0.744 e. The van der Waals surface area contributed by atoms with Crippen LogP contribution in [0, 0.1) is 6.08 Å². The van der Waals surface area contributed by atoms with Crippen LogP contribution in [0.15, 0.2) is 80.5 Å². The maximum absolute atomic E-state index is 14.2. The average Bonchev–Trinajstić information content (AvgIpc) is 3.00. The number of nitrogens with zero attached hydrogens (tertiary/aromatic N) is 5. The Labute approximate surface area is 335 Å². The molecule has 260 valence electrons. The number of benzene rings is 3. The van der Waals surface area contributed by atoms with Crippen molar-refractivity contribution >= 4 is 81.4 Å². The zero-order chi connectivity index (χ0) is 36.0. The standard InChI is InChI=1S/C27H27FN8O10S3.2Na/c1-3-47(38,39)12-11-46-10-9-29-26-32-25(28)33-27(34-26)31-17-7-8-21(22(14-17)30-16(2)37)36-35-18-13-20-19(24(15-18)49(43,44)45)5-4-6-23(20)48(40,41)42;;/h3-8,13-15H,1,9-12H2,2H3,(H,30,37)(H,40,41,42)(H,43,44,45)(H2,29,31,32,33,34);;/q;2*+1/p-2. The van der Waals surface area contributed by atoms with E-state index in [2.05, 4.69) is 47.7 Å². The van der Waals surface area contributed by atoms with Crippen molar-refractivity contribution in [2.75, 3.05) is 41.5 Å². The quantitative estimate of drug-likeness (QED) is 0.0472. The Morgan fingerprint density at radius 2 is 1.59 bits per heavy atom. The summed E-state index contributed by atoms with van der Waals surface area (Å²) in [6, 6.07) is 9.24. The molecule has 0 fully saturated rings. The van der Waals surface area contributed by atoms with Crippen LogP contribution in [-0.2, 0) is 39.6 Å². The fraction of sp³-hybridized carbons (Fsp3) is 0.185. The van der Waals surface area contributed by atoms with Gasteiger partial charge in [0.2, 0.25) is 17.8 Å². The second kappa shape index (κ2) is 18.7. The van der Waals surface area contributed by atoms with Crippen LogP contribution in [0.1, 0.15) is 6.92 Å². The summed E-state index contributed by atoms with van der Waals surface area (Å²) in [5.41, 5.74) is -0.0316. The molecule has 0 saturated carbocycles. The number of nitrogens with one attached hydrogen (secondary N) is 3. The maximum atomic E-state index is 14.2. The van der Waals surface area contributed by atoms with Crippen molar-refractivity contribution in [2.45, 2.75) is 16.7 Å². The molecule has 0 spiro atoms. The summed E-state index contributed by atoms with van der Waals surface area (Å²) in [6.07, 6.45) is -1.15. The van der Waals surface area contributed by atoms with Crippen LogP contribution in [0.3, 0.4) is 0 Å². The van der Waals surface area contributed by atoms with Crippen molar-refractivity contribution in [3.05, 3.63) is 66.6 Å². The minimum atomic E-state index is -5.17. The van der Waals surface area contributed by atoms with Gasteiger partial charge in [0, 0.05) is 35.3 Å². The first-order valence-electron chi connectivity index (χ1n) is 13.6. The molecule has 0 bridgehead atoms. The Hall–Kier alpha value is -3.00. The molecular weight excluding hydrogens is 758 g/mol. The number of aromatic nitrogens is 3. The van der Waals surface area contributed by atoms with E-state index in [9.17, 15) is 43.5 Å². The molecule has 0 radical (unpaired) electrons. The molecule has 0 aliphatic heterocycles. The molecule has 24 heteroatoms. The van der Waals surface area contributed by atoms with Gasteiger partial charge in [-0.05, 0) is 36.4 Å². The van der Waals surface area contributed by atoms with E-state index in [0.717, 1.165) is 35.7 Å². The van der Waals surface area contributed by atoms with Crippen LogP contribution >= 0.6 is 0 Å². The summed E-state index contributed by atoms with van der Waals surface area (Å²) in [4.78, 5) is 21.5. The van der Waals surface area contributed by atoms with Gasteiger partial charge in [0.05, 0.1) is 40.1 Å². The van der Waals surface area contributed by atoms with Crippen molar-refractivity contribution in [2.24, 2.45) is 10.2 Å². The number of hydrogen-bond donors (Lipinski definition) is 3. The molecule has 18 nitrogen and oxygen atoms in total. The molecule has 0 aliphatic rings. The Balaban J connectivity index is 0.00000451. The smallest absolute Gasteiger partial charge is 0.744 e. The summed E-state index contributed by atoms with van der Waals surface area (Å²) in [5.74, 6) is -1.21. The Morgan fingerprint density at radius 1 is 0.902 bits per heavy atom. The predicted octanol–water partition coefficient (Wildman–Crippen LogP) is -2.92. The molecule has 0 atom stereocenters. The number of anilines is 4. The molecule has 0 saturated heterocycles. The molecule has 3 aromatic carbocycles. The van der Waals surface area contributed by atoms with Gasteiger partial charge in [-0.2, -0.15) is 24.5 Å². The third-order valence-corrected chi connectivity index (χ3v) is 9.20. The van der Waals surface area contributed by atoms with E-state index in [1.165, 1.54) is 25.1 Å². The Kier molecular flexibility index (Phi) is 16.2. The van der Waals surface area contributed by atoms with Gasteiger partial charge >= 0.3 is 65.2 Å². The van der Waals surface area contributed by atoms with E-state index in [0.29, 0.717) is 0 Å². The van der Waals surface area contributed by atoms with Crippen LogP contribution in [0.4, 0.5) is 39.0 Å². The Bertz CT molecular complexity index is 2300. The monoisotopic (exact) mass is 782 g/mol. The minimum absolute atomic E-state index is 0. The molecule has 0 unspecified atom stereocenters. The summed E-state index contributed by atoms with van der Waals surface area (Å²) < 4.78 is 114. The van der Waals surface area contributed by atoms with Crippen molar-refractivity contribution < 1.29 is 107 Å². The Morgan fingerprint density at radius 3 is 2.24 bits per heavy atom. The van der Waals surface area contributed by atoms with E-state index >= 15 is 0 Å². The fourth-order valence-corrected chi connectivity index (χ4v) is 6.02. The maximum Gasteiger partial charge on any atom is 1.00 e. The first-order chi connectivity index (χ1) is 22.9. The van der Waals surface area contributed by atoms with Crippen LogP contribution in [0.5, 0.6) is 0 Å². The van der Waals surface area contributed by atoms with Gasteiger partial charge in [-0.15, -0.1) is 5.11 Å². The van der Waals surface area contributed by atoms with Gasteiger partial charge in [-0.25, -0.2) is 25.3 Å². The van der Waals surface area contributed by atoms with Gasteiger partial charge < -0.3 is 29.8 Å². The molecule has 3 N–H and O–H groups in total. The first-order valence-corrected chi connectivity index (χ1v) is 18.2. The second-order valence-corrected chi connectivity index (χ2v) is 14.5. The number of ether oxygens (including phenoxy) is 1. The van der Waals surface area contributed by atoms with Crippen molar-refractivity contribution in [3.63, 3.8) is 0 Å².